The van der Waals surface area contributed by atoms with Crippen LogP contribution in [0.4, 0.5) is 0 Å². The summed E-state index contributed by atoms with van der Waals surface area (Å²) in [5.41, 5.74) is 2.90. The van der Waals surface area contributed by atoms with Gasteiger partial charge in [0.1, 0.15) is 6.07 Å². The van der Waals surface area contributed by atoms with E-state index in [9.17, 15) is 20.0 Å². The summed E-state index contributed by atoms with van der Waals surface area (Å²) in [7, 11) is 0. The van der Waals surface area contributed by atoms with Crippen molar-refractivity contribution in [3.63, 3.8) is 0 Å². The Hall–Kier alpha value is -2.42. The standard InChI is InChI=1S/C22H21ClN2O3/c1-11-14(4-2-12(8-24)21(11)23)19-16(22(27)28)6-7-18(26)20(19)15-5-3-13-9-25-10-17(13)15/h2,4,6,13,15,17,25H,3,5,7,9-10H2,1H3,(H,27,28)/t13-,15+,17+/m1/s1. The first-order chi connectivity index (χ1) is 13.4. The lowest BCUT2D eigenvalue weighted by molar-refractivity contribution is -0.132. The van der Waals surface area contributed by atoms with Crippen molar-refractivity contribution >= 4 is 28.9 Å². The number of benzene rings is 1. The van der Waals surface area contributed by atoms with Gasteiger partial charge in [-0.15, -0.1) is 0 Å². The molecule has 2 fully saturated rings. The van der Waals surface area contributed by atoms with Crippen molar-refractivity contribution in [3.05, 3.63) is 51.1 Å². The third-order valence-electron chi connectivity index (χ3n) is 6.47. The third kappa shape index (κ3) is 2.88. The van der Waals surface area contributed by atoms with Crippen LogP contribution in [-0.4, -0.2) is 29.9 Å². The lowest BCUT2D eigenvalue weighted by Crippen LogP contribution is -2.26. The quantitative estimate of drug-likeness (QED) is 0.816. The number of aliphatic carboxylic acids is 1. The monoisotopic (exact) mass is 396 g/mol. The number of hydrogen-bond acceptors (Lipinski definition) is 4. The smallest absolute Gasteiger partial charge is 0.336 e. The maximum Gasteiger partial charge on any atom is 0.336 e. The number of Topliss-reactive ketones (excluding diaryl/α,β-unsaturated/α-hetero) is 1. The van der Waals surface area contributed by atoms with Crippen molar-refractivity contribution in [2.45, 2.75) is 26.2 Å². The van der Waals surface area contributed by atoms with Crippen LogP contribution in [0.5, 0.6) is 0 Å². The molecule has 0 aromatic heterocycles. The molecule has 1 aliphatic heterocycles. The third-order valence-corrected chi connectivity index (χ3v) is 6.95. The summed E-state index contributed by atoms with van der Waals surface area (Å²) in [6.07, 6.45) is 3.57. The molecular formula is C22H21ClN2O3. The first-order valence-electron chi connectivity index (χ1n) is 9.55. The number of carbonyl (C=O) groups is 2. The fraction of sp³-hybridized carbons (Fsp3) is 0.409. The van der Waals surface area contributed by atoms with E-state index in [1.807, 2.05) is 0 Å². The molecule has 0 bridgehead atoms. The normalized spacial score (nSPS) is 26.8. The van der Waals surface area contributed by atoms with Crippen LogP contribution in [0.15, 0.2) is 29.4 Å². The largest absolute Gasteiger partial charge is 0.478 e. The topological polar surface area (TPSA) is 90.2 Å². The highest BCUT2D eigenvalue weighted by atomic mass is 35.5. The van der Waals surface area contributed by atoms with Crippen LogP contribution in [0.3, 0.4) is 0 Å². The molecule has 4 rings (SSSR count). The molecule has 1 saturated heterocycles. The van der Waals surface area contributed by atoms with Gasteiger partial charge < -0.3 is 10.4 Å². The van der Waals surface area contributed by atoms with Crippen LogP contribution in [0.2, 0.25) is 5.02 Å². The maximum absolute atomic E-state index is 13.0. The first kappa shape index (κ1) is 18.9. The van der Waals surface area contributed by atoms with Gasteiger partial charge in [0.2, 0.25) is 0 Å². The number of rotatable bonds is 3. The van der Waals surface area contributed by atoms with E-state index in [0.717, 1.165) is 25.9 Å². The summed E-state index contributed by atoms with van der Waals surface area (Å²) in [5, 5.41) is 22.8. The van der Waals surface area contributed by atoms with E-state index in [-0.39, 0.29) is 23.7 Å². The molecule has 1 aromatic carbocycles. The Morgan fingerprint density at radius 1 is 1.32 bits per heavy atom. The molecule has 6 heteroatoms. The predicted octanol–water partition coefficient (Wildman–Crippen LogP) is 3.50. The zero-order chi connectivity index (χ0) is 20.0. The predicted molar refractivity (Wildman–Crippen MR) is 106 cm³/mol. The van der Waals surface area contributed by atoms with Gasteiger partial charge in [-0.25, -0.2) is 4.79 Å². The first-order valence-corrected chi connectivity index (χ1v) is 9.93. The minimum absolute atomic E-state index is 0.00238. The molecule has 1 heterocycles. The van der Waals surface area contributed by atoms with Crippen LogP contribution in [-0.2, 0) is 9.59 Å². The highest BCUT2D eigenvalue weighted by Crippen LogP contribution is 2.48. The van der Waals surface area contributed by atoms with Gasteiger partial charge in [-0.3, -0.25) is 4.79 Å². The van der Waals surface area contributed by atoms with Gasteiger partial charge in [-0.05, 0) is 67.8 Å². The van der Waals surface area contributed by atoms with Crippen molar-refractivity contribution < 1.29 is 14.7 Å². The van der Waals surface area contributed by atoms with Crippen molar-refractivity contribution in [3.8, 4) is 6.07 Å². The van der Waals surface area contributed by atoms with Crippen molar-refractivity contribution in [2.24, 2.45) is 17.8 Å². The number of allylic oxidation sites excluding steroid dienone is 2. The van der Waals surface area contributed by atoms with E-state index >= 15 is 0 Å². The van der Waals surface area contributed by atoms with Gasteiger partial charge in [0, 0.05) is 17.6 Å². The number of carboxylic acids is 1. The second-order valence-electron chi connectivity index (χ2n) is 7.82. The molecule has 28 heavy (non-hydrogen) atoms. The number of carbonyl (C=O) groups excluding carboxylic acids is 1. The number of nitrogens with zero attached hydrogens (tertiary/aromatic N) is 1. The van der Waals surface area contributed by atoms with E-state index < -0.39 is 5.97 Å². The number of fused-ring (bicyclic) bond motifs is 1. The molecule has 0 radical (unpaired) electrons. The van der Waals surface area contributed by atoms with Crippen LogP contribution >= 0.6 is 11.6 Å². The van der Waals surface area contributed by atoms with Gasteiger partial charge in [0.25, 0.3) is 0 Å². The van der Waals surface area contributed by atoms with E-state index in [1.54, 1.807) is 19.1 Å². The molecule has 2 aliphatic carbocycles. The molecule has 1 saturated carbocycles. The summed E-state index contributed by atoms with van der Waals surface area (Å²) in [4.78, 5) is 25.1. The average molecular weight is 397 g/mol. The number of ketones is 1. The Bertz CT molecular complexity index is 986. The lowest BCUT2D eigenvalue weighted by atomic mass is 9.75. The number of carboxylic acid groups (broad SMARTS) is 1. The van der Waals surface area contributed by atoms with Crippen molar-refractivity contribution in [1.29, 1.82) is 5.26 Å². The van der Waals surface area contributed by atoms with E-state index in [4.69, 9.17) is 11.6 Å². The van der Waals surface area contributed by atoms with Crippen LogP contribution in [0.25, 0.3) is 5.57 Å². The zero-order valence-electron chi connectivity index (χ0n) is 15.6. The second-order valence-corrected chi connectivity index (χ2v) is 8.19. The molecule has 3 atom stereocenters. The van der Waals surface area contributed by atoms with Gasteiger partial charge >= 0.3 is 5.97 Å². The molecule has 2 N–H and O–H groups in total. The Morgan fingerprint density at radius 3 is 2.82 bits per heavy atom. The fourth-order valence-electron chi connectivity index (χ4n) is 5.12. The molecule has 0 unspecified atom stereocenters. The number of halogens is 1. The van der Waals surface area contributed by atoms with E-state index in [2.05, 4.69) is 11.4 Å². The average Bonchev–Trinajstić information content (AvgIpc) is 3.27. The molecular weight excluding hydrogens is 376 g/mol. The highest BCUT2D eigenvalue weighted by molar-refractivity contribution is 6.33. The Labute approximate surface area is 168 Å². The summed E-state index contributed by atoms with van der Waals surface area (Å²) in [6, 6.07) is 5.38. The van der Waals surface area contributed by atoms with E-state index in [0.29, 0.717) is 44.7 Å². The summed E-state index contributed by atoms with van der Waals surface area (Å²) in [6.45, 7) is 3.59. The summed E-state index contributed by atoms with van der Waals surface area (Å²) < 4.78 is 0. The molecule has 0 amide bonds. The molecule has 0 spiro atoms. The molecule has 144 valence electrons. The number of nitriles is 1. The van der Waals surface area contributed by atoms with Crippen LogP contribution in [0.1, 0.15) is 36.0 Å². The Kier molecular flexibility index (Phi) is 4.86. The molecule has 5 nitrogen and oxygen atoms in total. The Morgan fingerprint density at radius 2 is 2.11 bits per heavy atom. The van der Waals surface area contributed by atoms with Crippen molar-refractivity contribution in [2.75, 3.05) is 13.1 Å². The zero-order valence-corrected chi connectivity index (χ0v) is 16.3. The number of nitrogens with one attached hydrogen (secondary N) is 1. The van der Waals surface area contributed by atoms with Gasteiger partial charge in [-0.1, -0.05) is 23.7 Å². The molecule has 1 aromatic rings. The fourth-order valence-corrected chi connectivity index (χ4v) is 5.32. The minimum Gasteiger partial charge on any atom is -0.478 e. The lowest BCUT2D eigenvalue weighted by Gasteiger charge is -2.28. The van der Waals surface area contributed by atoms with Gasteiger partial charge in [0.05, 0.1) is 16.2 Å². The summed E-state index contributed by atoms with van der Waals surface area (Å²) in [5.74, 6) is -0.0941. The van der Waals surface area contributed by atoms with Gasteiger partial charge in [-0.2, -0.15) is 5.26 Å². The molecule has 3 aliphatic rings. The van der Waals surface area contributed by atoms with Crippen LogP contribution in [0, 0.1) is 36.0 Å². The summed E-state index contributed by atoms with van der Waals surface area (Å²) >= 11 is 6.37. The van der Waals surface area contributed by atoms with Gasteiger partial charge in [0.15, 0.2) is 5.78 Å². The number of hydrogen-bond donors (Lipinski definition) is 2. The minimum atomic E-state index is -1.04. The van der Waals surface area contributed by atoms with E-state index in [1.165, 1.54) is 6.08 Å². The highest BCUT2D eigenvalue weighted by Gasteiger charge is 2.44. The maximum atomic E-state index is 13.0. The Balaban J connectivity index is 1.95. The van der Waals surface area contributed by atoms with Crippen LogP contribution < -0.4 is 5.32 Å². The second kappa shape index (κ2) is 7.20. The SMILES string of the molecule is Cc1c(C2=C([C@H]3CC[C@@H]4CNC[C@@H]43)C(=O)CC=C2C(=O)O)ccc(C#N)c1Cl. The van der Waals surface area contributed by atoms with Crippen molar-refractivity contribution in [1.82, 2.24) is 5.32 Å².